The maximum Gasteiger partial charge on any atom is 0.414 e. The second-order valence-electron chi connectivity index (χ2n) is 7.12. The molecule has 2 amide bonds. The molecule has 9 nitrogen and oxygen atoms in total. The Hall–Kier alpha value is -3.95. The second kappa shape index (κ2) is 8.82. The van der Waals surface area contributed by atoms with Crippen molar-refractivity contribution in [3.05, 3.63) is 66.5 Å². The van der Waals surface area contributed by atoms with Gasteiger partial charge in [-0.1, -0.05) is 24.3 Å². The molecule has 4 rings (SSSR count). The third kappa shape index (κ3) is 4.80. The van der Waals surface area contributed by atoms with Crippen molar-refractivity contribution in [3.8, 4) is 11.1 Å². The predicted octanol–water partition coefficient (Wildman–Crippen LogP) is 2.29. The highest BCUT2D eigenvalue weighted by molar-refractivity contribution is 5.90. The van der Waals surface area contributed by atoms with E-state index in [1.165, 1.54) is 17.9 Å². The third-order valence-electron chi connectivity index (χ3n) is 4.87. The van der Waals surface area contributed by atoms with Gasteiger partial charge in [0.05, 0.1) is 25.3 Å². The number of amides is 2. The topological polar surface area (TPSA) is 101 Å². The van der Waals surface area contributed by atoms with Crippen LogP contribution in [-0.4, -0.2) is 46.1 Å². The summed E-state index contributed by atoms with van der Waals surface area (Å²) in [5.41, 5.74) is 5.70. The van der Waals surface area contributed by atoms with Crippen LogP contribution < -0.4 is 15.6 Å². The molecule has 2 N–H and O–H groups in total. The summed E-state index contributed by atoms with van der Waals surface area (Å²) in [5, 5.41) is 10.1. The molecule has 160 valence electrons. The lowest BCUT2D eigenvalue weighted by atomic mass is 10.0. The van der Waals surface area contributed by atoms with Crippen molar-refractivity contribution in [1.82, 2.24) is 20.2 Å². The average molecular weight is 424 g/mol. The molecule has 0 spiro atoms. The zero-order valence-electron chi connectivity index (χ0n) is 16.8. The summed E-state index contributed by atoms with van der Waals surface area (Å²) < 4.78 is 21.7. The number of halogens is 1. The highest BCUT2D eigenvalue weighted by Crippen LogP contribution is 2.29. The molecule has 1 fully saturated rings. The van der Waals surface area contributed by atoms with Crippen LogP contribution in [0, 0.1) is 5.82 Å². The van der Waals surface area contributed by atoms with E-state index >= 15 is 0 Å². The van der Waals surface area contributed by atoms with Gasteiger partial charge in [-0.3, -0.25) is 9.69 Å². The second-order valence-corrected chi connectivity index (χ2v) is 7.12. The van der Waals surface area contributed by atoms with Gasteiger partial charge in [-0.05, 0) is 29.3 Å². The van der Waals surface area contributed by atoms with Crippen LogP contribution in [0.3, 0.4) is 0 Å². The van der Waals surface area contributed by atoms with E-state index in [2.05, 4.69) is 20.9 Å². The Morgan fingerprint density at radius 2 is 1.94 bits per heavy atom. The lowest BCUT2D eigenvalue weighted by Gasteiger charge is -2.15. The van der Waals surface area contributed by atoms with Crippen molar-refractivity contribution in [2.45, 2.75) is 19.6 Å². The fraction of sp³-hybridized carbons (Fsp3) is 0.238. The largest absolute Gasteiger partial charge is 0.442 e. The van der Waals surface area contributed by atoms with E-state index in [9.17, 15) is 14.0 Å². The number of aromatic nitrogens is 3. The van der Waals surface area contributed by atoms with Gasteiger partial charge in [0.15, 0.2) is 0 Å². The molecule has 1 aromatic heterocycles. The number of carbonyl (C=O) groups excluding carboxylic acids is 2. The van der Waals surface area contributed by atoms with Crippen LogP contribution in [0.15, 0.2) is 55.1 Å². The van der Waals surface area contributed by atoms with Crippen LogP contribution >= 0.6 is 0 Å². The number of nitrogens with zero attached hydrogens (tertiary/aromatic N) is 4. The van der Waals surface area contributed by atoms with Crippen LogP contribution in [0.1, 0.15) is 12.5 Å². The summed E-state index contributed by atoms with van der Waals surface area (Å²) in [7, 11) is 0. The maximum absolute atomic E-state index is 14.8. The molecule has 31 heavy (non-hydrogen) atoms. The van der Waals surface area contributed by atoms with Crippen molar-refractivity contribution in [3.63, 3.8) is 0 Å². The first kappa shape index (κ1) is 20.3. The molecule has 0 unspecified atom stereocenters. The number of benzene rings is 2. The predicted molar refractivity (Wildman–Crippen MR) is 111 cm³/mol. The van der Waals surface area contributed by atoms with Crippen LogP contribution in [0.2, 0.25) is 0 Å². The third-order valence-corrected chi connectivity index (χ3v) is 4.87. The number of ether oxygens (including phenoxy) is 1. The Labute approximate surface area is 177 Å². The molecule has 1 aliphatic heterocycles. The van der Waals surface area contributed by atoms with Gasteiger partial charge >= 0.3 is 6.09 Å². The van der Waals surface area contributed by atoms with Crippen molar-refractivity contribution in [2.75, 3.05) is 23.4 Å². The van der Waals surface area contributed by atoms with Gasteiger partial charge in [0, 0.05) is 12.5 Å². The number of nitrogens with one attached hydrogen (secondary N) is 2. The van der Waals surface area contributed by atoms with Crippen molar-refractivity contribution >= 4 is 17.7 Å². The number of rotatable bonds is 7. The van der Waals surface area contributed by atoms with Gasteiger partial charge in [0.1, 0.15) is 24.6 Å². The highest BCUT2D eigenvalue weighted by Gasteiger charge is 2.32. The van der Waals surface area contributed by atoms with Gasteiger partial charge in [-0.15, -0.1) is 10.2 Å². The van der Waals surface area contributed by atoms with Gasteiger partial charge in [-0.2, -0.15) is 0 Å². The molecule has 0 aliphatic carbocycles. The van der Waals surface area contributed by atoms with Crippen LogP contribution in [0.4, 0.5) is 14.9 Å². The molecule has 1 atom stereocenters. The van der Waals surface area contributed by atoms with Gasteiger partial charge < -0.3 is 15.5 Å². The first-order chi connectivity index (χ1) is 15.0. The van der Waals surface area contributed by atoms with Crippen LogP contribution in [-0.2, 0) is 16.1 Å². The van der Waals surface area contributed by atoms with E-state index < -0.39 is 18.0 Å². The van der Waals surface area contributed by atoms with E-state index in [0.717, 1.165) is 11.1 Å². The minimum atomic E-state index is -0.563. The minimum Gasteiger partial charge on any atom is -0.442 e. The standard InChI is InChI=1S/C21H21FN6O3/c1-14(29)23-10-18-11-28(21(30)31-18)17-6-7-19(20(22)8-17)16-4-2-15(3-5-16)9-26-27-12-24-25-13-27/h2-8,12-13,18,26H,9-11H2,1H3,(H,23,29)/t18-/m0/s1. The lowest BCUT2D eigenvalue weighted by molar-refractivity contribution is -0.119. The molecule has 2 aromatic carbocycles. The molecule has 2 heterocycles. The molecule has 0 saturated carbocycles. The summed E-state index contributed by atoms with van der Waals surface area (Å²) in [6.45, 7) is 2.42. The molecular weight excluding hydrogens is 403 g/mol. The summed E-state index contributed by atoms with van der Waals surface area (Å²) >= 11 is 0. The fourth-order valence-electron chi connectivity index (χ4n) is 3.27. The molecule has 0 bridgehead atoms. The number of anilines is 1. The quantitative estimate of drug-likeness (QED) is 0.604. The van der Waals surface area contributed by atoms with E-state index in [4.69, 9.17) is 4.74 Å². The monoisotopic (exact) mass is 424 g/mol. The normalized spacial score (nSPS) is 15.6. The summed E-state index contributed by atoms with van der Waals surface area (Å²) in [6, 6.07) is 12.1. The molecule has 1 aliphatic rings. The van der Waals surface area contributed by atoms with Gasteiger partial charge in [-0.25, -0.2) is 13.9 Å². The molecule has 0 radical (unpaired) electrons. The molecule has 3 aromatic rings. The Balaban J connectivity index is 1.42. The van der Waals surface area contributed by atoms with Gasteiger partial charge in [0.2, 0.25) is 5.91 Å². The minimum absolute atomic E-state index is 0.203. The lowest BCUT2D eigenvalue weighted by Crippen LogP contribution is -2.33. The summed E-state index contributed by atoms with van der Waals surface area (Å²) in [5.74, 6) is -0.642. The average Bonchev–Trinajstić information content (AvgIpc) is 3.41. The number of hydrogen-bond acceptors (Lipinski definition) is 6. The Bertz CT molecular complexity index is 1070. The first-order valence-electron chi connectivity index (χ1n) is 9.69. The molecular formula is C21H21FN6O3. The number of cyclic esters (lactones) is 1. The smallest absolute Gasteiger partial charge is 0.414 e. The highest BCUT2D eigenvalue weighted by atomic mass is 19.1. The first-order valence-corrected chi connectivity index (χ1v) is 9.69. The fourth-order valence-corrected chi connectivity index (χ4v) is 3.27. The van der Waals surface area contributed by atoms with Crippen LogP contribution in [0.25, 0.3) is 11.1 Å². The van der Waals surface area contributed by atoms with Crippen molar-refractivity contribution in [1.29, 1.82) is 0 Å². The number of hydrogen-bond donors (Lipinski definition) is 2. The maximum atomic E-state index is 14.8. The Morgan fingerprint density at radius 3 is 2.61 bits per heavy atom. The zero-order chi connectivity index (χ0) is 21.8. The van der Waals surface area contributed by atoms with Crippen molar-refractivity contribution in [2.24, 2.45) is 0 Å². The SMILES string of the molecule is CC(=O)NC[C@H]1CN(c2ccc(-c3ccc(CNn4cnnc4)cc3)c(F)c2)C(=O)O1. The van der Waals surface area contributed by atoms with E-state index in [-0.39, 0.29) is 19.0 Å². The van der Waals surface area contributed by atoms with Crippen LogP contribution in [0.5, 0.6) is 0 Å². The van der Waals surface area contributed by atoms with Gasteiger partial charge in [0.25, 0.3) is 0 Å². The Morgan fingerprint density at radius 1 is 1.19 bits per heavy atom. The summed E-state index contributed by atoms with van der Waals surface area (Å²) in [6.07, 6.45) is 2.08. The van der Waals surface area contributed by atoms with E-state index in [0.29, 0.717) is 17.8 Å². The van der Waals surface area contributed by atoms with E-state index in [1.807, 2.05) is 24.3 Å². The molecule has 1 saturated heterocycles. The summed E-state index contributed by atoms with van der Waals surface area (Å²) in [4.78, 5) is 24.5. The van der Waals surface area contributed by atoms with E-state index in [1.54, 1.807) is 29.5 Å². The number of carbonyl (C=O) groups is 2. The Kier molecular flexibility index (Phi) is 5.78. The molecule has 10 heteroatoms. The zero-order valence-corrected chi connectivity index (χ0v) is 16.8. The van der Waals surface area contributed by atoms with Crippen molar-refractivity contribution < 1.29 is 18.7 Å².